The molecule has 0 amide bonds. The third-order valence-electron chi connectivity index (χ3n) is 6.52. The van der Waals surface area contributed by atoms with E-state index in [0.717, 1.165) is 0 Å². The second-order valence-electron chi connectivity index (χ2n) is 9.16. The summed E-state index contributed by atoms with van der Waals surface area (Å²) >= 11 is 0. The molecule has 12 heteroatoms. The van der Waals surface area contributed by atoms with Crippen molar-refractivity contribution in [3.8, 4) is 0 Å². The second kappa shape index (κ2) is 11.0. The zero-order valence-electron chi connectivity index (χ0n) is 19.3. The van der Waals surface area contributed by atoms with Crippen molar-refractivity contribution in [2.24, 2.45) is 11.5 Å². The lowest BCUT2D eigenvalue weighted by Crippen LogP contribution is -2.69. The van der Waals surface area contributed by atoms with Crippen LogP contribution >= 0.6 is 0 Å². The molecule has 0 aromatic carbocycles. The van der Waals surface area contributed by atoms with Crippen LogP contribution in [0.2, 0.25) is 0 Å². The standard InChI is InChI=1S/C21H38N4O8/c1-4-25-13-7-12(23)16(32-19-11(22)6-5-10(8-26)31-19)14(27)17(13)33-20-15(28)18(24-3)21(2,29)9-30-20/h5,8,11-20,24-25,27-29H,4,6-7,9,22-23H2,1-3H3/t11-,12+,13-,14+,15-,16-,17+,18-,19-,20-,21+/m1/s1. The number of nitrogens with two attached hydrogens (primary N) is 2. The molecule has 1 saturated carbocycles. The lowest BCUT2D eigenvalue weighted by molar-refractivity contribution is -0.304. The van der Waals surface area contributed by atoms with Crippen molar-refractivity contribution in [3.05, 3.63) is 11.8 Å². The topological polar surface area (TPSA) is 191 Å². The molecule has 2 fully saturated rings. The summed E-state index contributed by atoms with van der Waals surface area (Å²) in [6.07, 6.45) is -3.30. The van der Waals surface area contributed by atoms with E-state index >= 15 is 0 Å². The summed E-state index contributed by atoms with van der Waals surface area (Å²) < 4.78 is 23.1. The quantitative estimate of drug-likeness (QED) is 0.177. The molecule has 0 aromatic rings. The Kier molecular flexibility index (Phi) is 8.83. The van der Waals surface area contributed by atoms with Gasteiger partial charge in [-0.15, -0.1) is 0 Å². The van der Waals surface area contributed by atoms with Crippen LogP contribution < -0.4 is 22.1 Å². The van der Waals surface area contributed by atoms with Gasteiger partial charge in [-0.05, 0) is 39.4 Å². The average molecular weight is 475 g/mol. The van der Waals surface area contributed by atoms with Crippen molar-refractivity contribution in [2.45, 2.75) is 93.5 Å². The normalized spacial score (nSPS) is 46.4. The minimum absolute atomic E-state index is 0.0695. The van der Waals surface area contributed by atoms with Gasteiger partial charge in [-0.1, -0.05) is 6.92 Å². The Hall–Kier alpha value is -1.19. The smallest absolute Gasteiger partial charge is 0.216 e. The zero-order valence-corrected chi connectivity index (χ0v) is 19.3. The summed E-state index contributed by atoms with van der Waals surface area (Å²) in [5, 5.41) is 38.6. The van der Waals surface area contributed by atoms with Crippen molar-refractivity contribution < 1.29 is 39.1 Å². The molecule has 0 spiro atoms. The van der Waals surface area contributed by atoms with Crippen molar-refractivity contribution >= 4 is 6.29 Å². The van der Waals surface area contributed by atoms with Gasteiger partial charge in [0.25, 0.3) is 0 Å². The highest BCUT2D eigenvalue weighted by molar-refractivity contribution is 5.70. The third kappa shape index (κ3) is 5.73. The molecule has 12 nitrogen and oxygen atoms in total. The Morgan fingerprint density at radius 1 is 1.21 bits per heavy atom. The van der Waals surface area contributed by atoms with Gasteiger partial charge in [0, 0.05) is 12.1 Å². The number of hydrogen-bond donors (Lipinski definition) is 7. The fourth-order valence-corrected chi connectivity index (χ4v) is 4.77. The molecule has 11 atom stereocenters. The first-order chi connectivity index (χ1) is 15.6. The summed E-state index contributed by atoms with van der Waals surface area (Å²) in [5.74, 6) is 0.114. The fraction of sp³-hybridized carbons (Fsp3) is 0.857. The van der Waals surface area contributed by atoms with E-state index in [1.807, 2.05) is 6.92 Å². The zero-order chi connectivity index (χ0) is 24.3. The molecule has 1 aliphatic carbocycles. The first-order valence-electron chi connectivity index (χ1n) is 11.4. The molecule has 3 aliphatic rings. The summed E-state index contributed by atoms with van der Waals surface area (Å²) in [5.41, 5.74) is 11.1. The van der Waals surface area contributed by atoms with Gasteiger partial charge >= 0.3 is 0 Å². The number of rotatable bonds is 8. The van der Waals surface area contributed by atoms with E-state index in [4.69, 9.17) is 30.4 Å². The van der Waals surface area contributed by atoms with Gasteiger partial charge < -0.3 is 56.4 Å². The van der Waals surface area contributed by atoms with Gasteiger partial charge in [0.2, 0.25) is 6.29 Å². The van der Waals surface area contributed by atoms with Crippen molar-refractivity contribution in [1.29, 1.82) is 0 Å². The predicted octanol–water partition coefficient (Wildman–Crippen LogP) is -2.96. The number of aliphatic hydroxyl groups is 3. The highest BCUT2D eigenvalue weighted by Gasteiger charge is 2.51. The summed E-state index contributed by atoms with van der Waals surface area (Å²) in [7, 11) is 1.62. The molecule has 9 N–H and O–H groups in total. The van der Waals surface area contributed by atoms with Gasteiger partial charge in [0.05, 0.1) is 18.7 Å². The van der Waals surface area contributed by atoms with E-state index in [2.05, 4.69) is 10.6 Å². The average Bonchev–Trinajstić information content (AvgIpc) is 2.76. The van der Waals surface area contributed by atoms with Gasteiger partial charge in [-0.25, -0.2) is 0 Å². The predicted molar refractivity (Wildman–Crippen MR) is 117 cm³/mol. The monoisotopic (exact) mass is 474 g/mol. The minimum Gasteiger partial charge on any atom is -0.460 e. The number of aliphatic hydroxyl groups excluding tert-OH is 2. The van der Waals surface area contributed by atoms with E-state index in [-0.39, 0.29) is 18.4 Å². The summed E-state index contributed by atoms with van der Waals surface area (Å²) in [6, 6.07) is -2.17. The highest BCUT2D eigenvalue weighted by atomic mass is 16.7. The van der Waals surface area contributed by atoms with E-state index in [0.29, 0.717) is 25.7 Å². The fourth-order valence-electron chi connectivity index (χ4n) is 4.77. The van der Waals surface area contributed by atoms with Crippen molar-refractivity contribution in [2.75, 3.05) is 20.2 Å². The Morgan fingerprint density at radius 2 is 1.91 bits per heavy atom. The summed E-state index contributed by atoms with van der Waals surface area (Å²) in [4.78, 5) is 11.1. The maximum atomic E-state index is 11.2. The van der Waals surface area contributed by atoms with E-state index in [1.165, 1.54) is 0 Å². The Balaban J connectivity index is 1.76. The van der Waals surface area contributed by atoms with E-state index < -0.39 is 60.7 Å². The molecule has 2 aliphatic heterocycles. The maximum Gasteiger partial charge on any atom is 0.216 e. The molecule has 3 rings (SSSR count). The van der Waals surface area contributed by atoms with Gasteiger partial charge in [0.15, 0.2) is 18.3 Å². The second-order valence-corrected chi connectivity index (χ2v) is 9.16. The van der Waals surface area contributed by atoms with Crippen LogP contribution in [0.4, 0.5) is 0 Å². The Morgan fingerprint density at radius 3 is 2.55 bits per heavy atom. The SMILES string of the molecule is CCN[C@@H]1C[C@H](N)[C@@H](O[C@H]2OC(C=O)=CC[C@H]2N)[C@H](O)[C@H]1O[C@H]1OC[C@](C)(O)[C@H](NC)[C@H]1O. The van der Waals surface area contributed by atoms with Crippen molar-refractivity contribution in [3.63, 3.8) is 0 Å². The molecule has 33 heavy (non-hydrogen) atoms. The molecule has 0 radical (unpaired) electrons. The minimum atomic E-state index is -1.30. The van der Waals surface area contributed by atoms with E-state index in [1.54, 1.807) is 20.0 Å². The number of likely N-dealkylation sites (N-methyl/N-ethyl adjacent to an activating group) is 2. The third-order valence-corrected chi connectivity index (χ3v) is 6.52. The number of carbonyl (C=O) groups excluding carboxylic acids is 1. The van der Waals surface area contributed by atoms with E-state index in [9.17, 15) is 20.1 Å². The molecule has 0 bridgehead atoms. The van der Waals surface area contributed by atoms with Crippen LogP contribution in [0.3, 0.4) is 0 Å². The van der Waals surface area contributed by atoms with Gasteiger partial charge in [-0.3, -0.25) is 4.79 Å². The molecular formula is C21H38N4O8. The Labute approximate surface area is 193 Å². The summed E-state index contributed by atoms with van der Waals surface area (Å²) in [6.45, 7) is 4.00. The lowest BCUT2D eigenvalue weighted by Gasteiger charge is -2.48. The van der Waals surface area contributed by atoms with Crippen LogP contribution in [-0.4, -0.2) is 109 Å². The molecule has 190 valence electrons. The first kappa shape index (κ1) is 26.4. The molecule has 2 heterocycles. The van der Waals surface area contributed by atoms with Crippen LogP contribution in [0.15, 0.2) is 11.8 Å². The number of hydrogen-bond acceptors (Lipinski definition) is 12. The van der Waals surface area contributed by atoms with Crippen molar-refractivity contribution in [1.82, 2.24) is 10.6 Å². The number of aldehydes is 1. The number of nitrogens with one attached hydrogen (secondary N) is 2. The molecule has 0 aromatic heterocycles. The largest absolute Gasteiger partial charge is 0.460 e. The highest BCUT2D eigenvalue weighted by Crippen LogP contribution is 2.31. The Bertz CT molecular complexity index is 695. The van der Waals surface area contributed by atoms with Gasteiger partial charge in [0.1, 0.15) is 30.0 Å². The van der Waals surface area contributed by atoms with Gasteiger partial charge in [-0.2, -0.15) is 0 Å². The lowest BCUT2D eigenvalue weighted by atomic mass is 9.83. The molecule has 0 unspecified atom stereocenters. The first-order valence-corrected chi connectivity index (χ1v) is 11.4. The maximum absolute atomic E-state index is 11.2. The van der Waals surface area contributed by atoms with Crippen LogP contribution in [0.25, 0.3) is 0 Å². The number of allylic oxidation sites excluding steroid dienone is 1. The van der Waals surface area contributed by atoms with Crippen LogP contribution in [0, 0.1) is 0 Å². The van der Waals surface area contributed by atoms with Crippen LogP contribution in [-0.2, 0) is 23.7 Å². The van der Waals surface area contributed by atoms with Crippen LogP contribution in [0.1, 0.15) is 26.7 Å². The molecular weight excluding hydrogens is 436 g/mol. The van der Waals surface area contributed by atoms with Crippen LogP contribution in [0.5, 0.6) is 0 Å². The number of ether oxygens (including phenoxy) is 4. The number of carbonyl (C=O) groups is 1. The molecule has 1 saturated heterocycles.